The van der Waals surface area contributed by atoms with Crippen molar-refractivity contribution < 1.29 is 9.53 Å². The first-order valence-electron chi connectivity index (χ1n) is 8.32. The molecule has 4 nitrogen and oxygen atoms in total. The number of piperidine rings is 1. The van der Waals surface area contributed by atoms with Crippen LogP contribution in [0.3, 0.4) is 0 Å². The molecule has 23 heavy (non-hydrogen) atoms. The van der Waals surface area contributed by atoms with Crippen LogP contribution in [-0.2, 0) is 14.9 Å². The van der Waals surface area contributed by atoms with Gasteiger partial charge in [0, 0.05) is 24.7 Å². The van der Waals surface area contributed by atoms with Gasteiger partial charge in [0.25, 0.3) is 0 Å². The maximum absolute atomic E-state index is 12.9. The molecule has 0 atom stereocenters. The van der Waals surface area contributed by atoms with Gasteiger partial charge in [-0.2, -0.15) is 0 Å². The number of hydrogen-bond donors (Lipinski definition) is 1. The van der Waals surface area contributed by atoms with Crippen molar-refractivity contribution in [2.24, 2.45) is 5.73 Å². The van der Waals surface area contributed by atoms with Crippen LogP contribution in [0.1, 0.15) is 38.7 Å². The summed E-state index contributed by atoms with van der Waals surface area (Å²) in [6.45, 7) is 6.79. The van der Waals surface area contributed by atoms with E-state index in [1.54, 1.807) is 0 Å². The molecule has 1 aromatic rings. The lowest BCUT2D eigenvalue weighted by molar-refractivity contribution is -0.139. The van der Waals surface area contributed by atoms with E-state index in [1.807, 2.05) is 43.0 Å². The molecule has 0 saturated carbocycles. The number of amides is 1. The van der Waals surface area contributed by atoms with Crippen molar-refractivity contribution in [3.8, 4) is 0 Å². The molecule has 1 aromatic carbocycles. The summed E-state index contributed by atoms with van der Waals surface area (Å²) in [5.74, 6) is 0.153. The van der Waals surface area contributed by atoms with Crippen molar-refractivity contribution in [2.45, 2.75) is 44.6 Å². The molecule has 0 bridgehead atoms. The maximum Gasteiger partial charge on any atom is 0.232 e. The number of rotatable bonds is 6. The Morgan fingerprint density at radius 2 is 2.09 bits per heavy atom. The van der Waals surface area contributed by atoms with E-state index in [2.05, 4.69) is 0 Å². The van der Waals surface area contributed by atoms with Crippen LogP contribution in [0.5, 0.6) is 0 Å². The Morgan fingerprint density at radius 3 is 2.70 bits per heavy atom. The average Bonchev–Trinajstić information content (AvgIpc) is 2.55. The summed E-state index contributed by atoms with van der Waals surface area (Å²) >= 11 is 6.07. The summed E-state index contributed by atoms with van der Waals surface area (Å²) in [6.07, 6.45) is 2.92. The fourth-order valence-corrected chi connectivity index (χ4v) is 3.15. The molecule has 2 rings (SSSR count). The van der Waals surface area contributed by atoms with Crippen molar-refractivity contribution in [1.29, 1.82) is 0 Å². The largest absolute Gasteiger partial charge is 0.378 e. The second kappa shape index (κ2) is 8.13. The predicted octanol–water partition coefficient (Wildman–Crippen LogP) is 2.97. The molecule has 1 saturated heterocycles. The maximum atomic E-state index is 12.9. The van der Waals surface area contributed by atoms with Gasteiger partial charge in [0.05, 0.1) is 11.5 Å². The van der Waals surface area contributed by atoms with Crippen LogP contribution in [-0.4, -0.2) is 43.2 Å². The van der Waals surface area contributed by atoms with Crippen LogP contribution < -0.4 is 5.73 Å². The number of carbonyl (C=O) groups is 1. The zero-order valence-electron chi connectivity index (χ0n) is 14.1. The average molecular weight is 339 g/mol. The fourth-order valence-electron chi connectivity index (χ4n) is 2.95. The summed E-state index contributed by atoms with van der Waals surface area (Å²) in [4.78, 5) is 14.9. The lowest BCUT2D eigenvalue weighted by Crippen LogP contribution is -2.48. The number of benzene rings is 1. The van der Waals surface area contributed by atoms with Gasteiger partial charge in [-0.05, 0) is 57.4 Å². The highest BCUT2D eigenvalue weighted by atomic mass is 35.5. The molecule has 0 unspecified atom stereocenters. The zero-order chi connectivity index (χ0) is 16.9. The van der Waals surface area contributed by atoms with Gasteiger partial charge in [-0.25, -0.2) is 0 Å². The van der Waals surface area contributed by atoms with Crippen molar-refractivity contribution in [1.82, 2.24) is 4.90 Å². The van der Waals surface area contributed by atoms with Gasteiger partial charge in [-0.1, -0.05) is 23.7 Å². The molecule has 0 spiro atoms. The summed E-state index contributed by atoms with van der Waals surface area (Å²) < 4.78 is 5.80. The molecule has 0 aliphatic carbocycles. The van der Waals surface area contributed by atoms with Crippen LogP contribution in [0.2, 0.25) is 5.02 Å². The lowest BCUT2D eigenvalue weighted by Gasteiger charge is -2.37. The molecule has 1 heterocycles. The topological polar surface area (TPSA) is 55.6 Å². The van der Waals surface area contributed by atoms with E-state index in [-0.39, 0.29) is 12.0 Å². The lowest BCUT2D eigenvalue weighted by atomic mass is 9.82. The third kappa shape index (κ3) is 4.69. The summed E-state index contributed by atoms with van der Waals surface area (Å²) in [6, 6.07) is 7.56. The second-order valence-corrected chi connectivity index (χ2v) is 7.08. The summed E-state index contributed by atoms with van der Waals surface area (Å²) in [7, 11) is 0. The van der Waals surface area contributed by atoms with Gasteiger partial charge in [0.1, 0.15) is 0 Å². The van der Waals surface area contributed by atoms with Crippen molar-refractivity contribution >= 4 is 17.5 Å². The smallest absolute Gasteiger partial charge is 0.232 e. The highest BCUT2D eigenvalue weighted by Gasteiger charge is 2.35. The predicted molar refractivity (Wildman–Crippen MR) is 93.7 cm³/mol. The highest BCUT2D eigenvalue weighted by Crippen LogP contribution is 2.29. The quantitative estimate of drug-likeness (QED) is 0.811. The van der Waals surface area contributed by atoms with E-state index >= 15 is 0 Å². The molecular formula is C18H27ClN2O2. The van der Waals surface area contributed by atoms with Gasteiger partial charge in [-0.3, -0.25) is 4.79 Å². The van der Waals surface area contributed by atoms with E-state index < -0.39 is 5.41 Å². The number of halogens is 1. The zero-order valence-corrected chi connectivity index (χ0v) is 14.8. The molecule has 1 fully saturated rings. The molecule has 0 aromatic heterocycles. The van der Waals surface area contributed by atoms with Crippen LogP contribution in [0, 0.1) is 0 Å². The van der Waals surface area contributed by atoms with Gasteiger partial charge >= 0.3 is 0 Å². The Morgan fingerprint density at radius 1 is 1.39 bits per heavy atom. The SMILES string of the molecule is CC(C)(C(=O)N1CCC(OCCCN)CC1)c1cccc(Cl)c1. The van der Waals surface area contributed by atoms with Crippen LogP contribution in [0.25, 0.3) is 0 Å². The Balaban J connectivity index is 1.93. The Labute approximate surface area is 143 Å². The molecule has 1 amide bonds. The molecule has 5 heteroatoms. The standard InChI is InChI=1S/C18H27ClN2O2/c1-18(2,14-5-3-6-15(19)13-14)17(22)21-10-7-16(8-11-21)23-12-4-9-20/h3,5-6,13,16H,4,7-12,20H2,1-2H3. The normalized spacial score (nSPS) is 16.6. The van der Waals surface area contributed by atoms with Crippen LogP contribution in [0.15, 0.2) is 24.3 Å². The van der Waals surface area contributed by atoms with Gasteiger partial charge in [0.15, 0.2) is 0 Å². The number of ether oxygens (including phenoxy) is 1. The fraction of sp³-hybridized carbons (Fsp3) is 0.611. The van der Waals surface area contributed by atoms with Crippen molar-refractivity contribution in [2.75, 3.05) is 26.2 Å². The number of nitrogens with two attached hydrogens (primary N) is 1. The molecule has 128 valence electrons. The van der Waals surface area contributed by atoms with Gasteiger partial charge in [0.2, 0.25) is 5.91 Å². The van der Waals surface area contributed by atoms with E-state index in [0.717, 1.165) is 37.9 Å². The molecule has 1 aliphatic heterocycles. The first-order valence-corrected chi connectivity index (χ1v) is 8.70. The van der Waals surface area contributed by atoms with E-state index in [1.165, 1.54) is 0 Å². The van der Waals surface area contributed by atoms with Crippen molar-refractivity contribution in [3.05, 3.63) is 34.9 Å². The molecule has 0 radical (unpaired) electrons. The van der Waals surface area contributed by atoms with E-state index in [0.29, 0.717) is 18.2 Å². The summed E-state index contributed by atoms with van der Waals surface area (Å²) in [5, 5.41) is 0.662. The first-order chi connectivity index (χ1) is 10.9. The molecule has 2 N–H and O–H groups in total. The van der Waals surface area contributed by atoms with Crippen molar-refractivity contribution in [3.63, 3.8) is 0 Å². The minimum absolute atomic E-state index is 0.153. The third-order valence-corrected chi connectivity index (χ3v) is 4.75. The first kappa shape index (κ1) is 18.2. The van der Waals surface area contributed by atoms with Gasteiger partial charge in [-0.15, -0.1) is 0 Å². The number of likely N-dealkylation sites (tertiary alicyclic amines) is 1. The van der Waals surface area contributed by atoms with Gasteiger partial charge < -0.3 is 15.4 Å². The van der Waals surface area contributed by atoms with Crippen LogP contribution in [0.4, 0.5) is 0 Å². The number of hydrogen-bond acceptors (Lipinski definition) is 3. The Bertz CT molecular complexity index is 526. The molecule has 1 aliphatic rings. The Hall–Kier alpha value is -1.10. The minimum atomic E-state index is -0.571. The number of carbonyl (C=O) groups excluding carboxylic acids is 1. The second-order valence-electron chi connectivity index (χ2n) is 6.64. The highest BCUT2D eigenvalue weighted by molar-refractivity contribution is 6.30. The van der Waals surface area contributed by atoms with E-state index in [4.69, 9.17) is 22.1 Å². The van der Waals surface area contributed by atoms with E-state index in [9.17, 15) is 4.79 Å². The monoisotopic (exact) mass is 338 g/mol. The molecular weight excluding hydrogens is 312 g/mol. The minimum Gasteiger partial charge on any atom is -0.378 e. The van der Waals surface area contributed by atoms with Crippen LogP contribution >= 0.6 is 11.6 Å². The summed E-state index contributed by atoms with van der Waals surface area (Å²) in [5.41, 5.74) is 5.86. The Kier molecular flexibility index (Phi) is 6.45. The number of nitrogens with zero attached hydrogens (tertiary/aromatic N) is 1. The third-order valence-electron chi connectivity index (χ3n) is 4.51.